The largest absolute Gasteiger partial charge is 0.493 e. The van der Waals surface area contributed by atoms with Gasteiger partial charge in [-0.1, -0.05) is 29.8 Å². The Labute approximate surface area is 233 Å². The fourth-order valence-corrected chi connectivity index (χ4v) is 6.93. The summed E-state index contributed by atoms with van der Waals surface area (Å²) in [5.74, 6) is -3.05. The van der Waals surface area contributed by atoms with E-state index in [0.29, 0.717) is 6.07 Å². The molecule has 5 nitrogen and oxygen atoms in total. The molecule has 0 radical (unpaired) electrons. The molecule has 1 atom stereocenters. The van der Waals surface area contributed by atoms with Crippen LogP contribution in [0.5, 0.6) is 5.75 Å². The number of nitrogens with zero attached hydrogens (tertiary/aromatic N) is 1. The van der Waals surface area contributed by atoms with Gasteiger partial charge in [-0.2, -0.15) is 26.3 Å². The summed E-state index contributed by atoms with van der Waals surface area (Å²) in [6.07, 6.45) is -10.5. The maximum absolute atomic E-state index is 15.6. The first-order valence-corrected chi connectivity index (χ1v) is 14.5. The number of aryl methyl sites for hydroxylation is 1. The molecule has 1 aliphatic carbocycles. The van der Waals surface area contributed by atoms with E-state index in [1.54, 1.807) is 19.1 Å². The average molecular weight is 608 g/mol. The highest BCUT2D eigenvalue weighted by molar-refractivity contribution is 7.90. The fourth-order valence-electron chi connectivity index (χ4n) is 4.89. The third kappa shape index (κ3) is 6.54. The van der Waals surface area contributed by atoms with Crippen molar-refractivity contribution in [3.8, 4) is 5.75 Å². The van der Waals surface area contributed by atoms with Crippen LogP contribution in [0.15, 0.2) is 48.5 Å². The van der Waals surface area contributed by atoms with Crippen LogP contribution in [-0.4, -0.2) is 42.8 Å². The van der Waals surface area contributed by atoms with E-state index in [1.807, 2.05) is 0 Å². The number of carbonyl (C=O) groups excluding carboxylic acids is 1. The van der Waals surface area contributed by atoms with Gasteiger partial charge >= 0.3 is 12.4 Å². The first-order chi connectivity index (χ1) is 19.1. The predicted molar refractivity (Wildman–Crippen MR) is 137 cm³/mol. The molecule has 224 valence electrons. The second-order valence-electron chi connectivity index (χ2n) is 10.3. The standard InChI is InChI=1S/C28H28F7NO4S/c1-18-5-7-19(8-6-18)20-15-25(37)36(41(38,39)22-10-11-22)26(17-20,28(33,34)35)23-12-9-21(16-24(23)29)40-14-4-2-3-13-27(30,31)32/h5-9,12,15-16,22H,2-4,10-11,13-14,17H2,1H3. The summed E-state index contributed by atoms with van der Waals surface area (Å²) in [5.41, 5.74) is -3.67. The molecule has 1 fully saturated rings. The number of ether oxygens (including phenoxy) is 1. The molecule has 1 aliphatic heterocycles. The van der Waals surface area contributed by atoms with E-state index in [1.165, 1.54) is 12.1 Å². The number of halogens is 7. The van der Waals surface area contributed by atoms with Crippen LogP contribution in [-0.2, 0) is 20.4 Å². The lowest BCUT2D eigenvalue weighted by atomic mass is 9.78. The minimum atomic E-state index is -5.42. The predicted octanol–water partition coefficient (Wildman–Crippen LogP) is 7.20. The van der Waals surface area contributed by atoms with Crippen LogP contribution < -0.4 is 4.74 Å². The number of carbonyl (C=O) groups is 1. The van der Waals surface area contributed by atoms with Gasteiger partial charge in [0.2, 0.25) is 10.0 Å². The summed E-state index contributed by atoms with van der Waals surface area (Å²) in [5, 5.41) is -1.19. The van der Waals surface area contributed by atoms with E-state index >= 15 is 17.6 Å². The SMILES string of the molecule is Cc1ccc(C2=CC(=O)N(S(=O)(=O)C3CC3)C(c3ccc(OCCCCCC(F)(F)F)cc3F)(C(F)(F)F)C2)cc1. The van der Waals surface area contributed by atoms with Crippen LogP contribution in [0.3, 0.4) is 0 Å². The van der Waals surface area contributed by atoms with E-state index in [-0.39, 0.29) is 59.9 Å². The molecule has 1 unspecified atom stereocenters. The van der Waals surface area contributed by atoms with Crippen LogP contribution >= 0.6 is 0 Å². The number of hydrogen-bond donors (Lipinski definition) is 0. The number of unbranched alkanes of at least 4 members (excludes halogenated alkanes) is 2. The Hall–Kier alpha value is -3.09. The molecule has 41 heavy (non-hydrogen) atoms. The second-order valence-corrected chi connectivity index (χ2v) is 12.4. The molecular weight excluding hydrogens is 579 g/mol. The normalized spacial score (nSPS) is 20.2. The third-order valence-corrected chi connectivity index (χ3v) is 9.46. The van der Waals surface area contributed by atoms with Crippen molar-refractivity contribution in [3.05, 3.63) is 71.0 Å². The molecule has 0 aromatic heterocycles. The lowest BCUT2D eigenvalue weighted by Crippen LogP contribution is -2.62. The summed E-state index contributed by atoms with van der Waals surface area (Å²) in [6.45, 7) is 1.65. The van der Waals surface area contributed by atoms with Crippen molar-refractivity contribution in [2.45, 2.75) is 75.0 Å². The lowest BCUT2D eigenvalue weighted by molar-refractivity contribution is -0.222. The molecule has 0 N–H and O–H groups in total. The highest BCUT2D eigenvalue weighted by Crippen LogP contribution is 2.55. The lowest BCUT2D eigenvalue weighted by Gasteiger charge is -2.46. The van der Waals surface area contributed by atoms with Crippen LogP contribution in [0, 0.1) is 12.7 Å². The van der Waals surface area contributed by atoms with Crippen molar-refractivity contribution >= 4 is 21.5 Å². The maximum Gasteiger partial charge on any atom is 0.417 e. The van der Waals surface area contributed by atoms with Gasteiger partial charge < -0.3 is 4.74 Å². The number of sulfonamides is 1. The summed E-state index contributed by atoms with van der Waals surface area (Å²) in [4.78, 5) is 13.3. The smallest absolute Gasteiger partial charge is 0.417 e. The van der Waals surface area contributed by atoms with Gasteiger partial charge in [-0.05, 0) is 62.3 Å². The van der Waals surface area contributed by atoms with Crippen molar-refractivity contribution in [2.75, 3.05) is 6.61 Å². The second kappa shape index (κ2) is 11.3. The van der Waals surface area contributed by atoms with E-state index < -0.39 is 63.3 Å². The first-order valence-electron chi connectivity index (χ1n) is 13.0. The van der Waals surface area contributed by atoms with Gasteiger partial charge in [0.25, 0.3) is 5.91 Å². The molecule has 2 aliphatic rings. The Morgan fingerprint density at radius 2 is 1.63 bits per heavy atom. The van der Waals surface area contributed by atoms with E-state index in [2.05, 4.69) is 0 Å². The maximum atomic E-state index is 15.6. The molecule has 0 bridgehead atoms. The van der Waals surface area contributed by atoms with Gasteiger partial charge in [-0.25, -0.2) is 17.1 Å². The zero-order valence-corrected chi connectivity index (χ0v) is 22.8. The van der Waals surface area contributed by atoms with Crippen molar-refractivity contribution < 1.29 is 48.7 Å². The Balaban J connectivity index is 1.71. The molecule has 0 saturated heterocycles. The zero-order chi connectivity index (χ0) is 30.2. The monoisotopic (exact) mass is 607 g/mol. The van der Waals surface area contributed by atoms with E-state index in [0.717, 1.165) is 23.8 Å². The quantitative estimate of drug-likeness (QED) is 0.212. The Bertz CT molecular complexity index is 1410. The molecule has 4 rings (SSSR count). The van der Waals surface area contributed by atoms with Crippen LogP contribution in [0.2, 0.25) is 0 Å². The summed E-state index contributed by atoms with van der Waals surface area (Å²) in [6, 6.07) is 8.69. The molecular formula is C28H28F7NO4S. The molecule has 0 spiro atoms. The molecule has 1 heterocycles. The van der Waals surface area contributed by atoms with Crippen LogP contribution in [0.4, 0.5) is 30.7 Å². The Morgan fingerprint density at radius 3 is 2.20 bits per heavy atom. The number of benzene rings is 2. The minimum absolute atomic E-state index is 0.0762. The van der Waals surface area contributed by atoms with Crippen LogP contribution in [0.25, 0.3) is 5.57 Å². The molecule has 1 amide bonds. The zero-order valence-electron chi connectivity index (χ0n) is 22.0. The van der Waals surface area contributed by atoms with Gasteiger partial charge in [0, 0.05) is 30.5 Å². The van der Waals surface area contributed by atoms with Crippen molar-refractivity contribution in [2.24, 2.45) is 0 Å². The van der Waals surface area contributed by atoms with Gasteiger partial charge in [-0.3, -0.25) is 4.79 Å². The Morgan fingerprint density at radius 1 is 0.976 bits per heavy atom. The highest BCUT2D eigenvalue weighted by atomic mass is 32.2. The summed E-state index contributed by atoms with van der Waals surface area (Å²) >= 11 is 0. The van der Waals surface area contributed by atoms with E-state index in [9.17, 15) is 26.4 Å². The third-order valence-electron chi connectivity index (χ3n) is 7.14. The van der Waals surface area contributed by atoms with Gasteiger partial charge in [0.15, 0.2) is 5.54 Å². The molecule has 13 heteroatoms. The molecule has 2 aromatic carbocycles. The van der Waals surface area contributed by atoms with Crippen molar-refractivity contribution in [1.82, 2.24) is 4.31 Å². The van der Waals surface area contributed by atoms with Gasteiger partial charge in [0.05, 0.1) is 11.9 Å². The Kier molecular flexibility index (Phi) is 8.50. The number of alkyl halides is 6. The van der Waals surface area contributed by atoms with Crippen molar-refractivity contribution in [3.63, 3.8) is 0 Å². The number of rotatable bonds is 10. The van der Waals surface area contributed by atoms with Gasteiger partial charge in [0.1, 0.15) is 11.6 Å². The molecule has 2 aromatic rings. The summed E-state index contributed by atoms with van der Waals surface area (Å²) in [7, 11) is -4.81. The highest BCUT2D eigenvalue weighted by Gasteiger charge is 2.68. The van der Waals surface area contributed by atoms with Crippen molar-refractivity contribution in [1.29, 1.82) is 0 Å². The fraction of sp³-hybridized carbons (Fsp3) is 0.464. The van der Waals surface area contributed by atoms with Crippen LogP contribution in [0.1, 0.15) is 61.6 Å². The van der Waals surface area contributed by atoms with E-state index in [4.69, 9.17) is 4.74 Å². The number of hydrogen-bond acceptors (Lipinski definition) is 4. The molecule has 1 saturated carbocycles. The number of amides is 1. The minimum Gasteiger partial charge on any atom is -0.493 e. The summed E-state index contributed by atoms with van der Waals surface area (Å²) < 4.78 is 130. The average Bonchev–Trinajstić information content (AvgIpc) is 3.71. The van der Waals surface area contributed by atoms with Gasteiger partial charge in [-0.15, -0.1) is 0 Å². The first kappa shape index (κ1) is 30.9. The topological polar surface area (TPSA) is 63.7 Å².